The van der Waals surface area contributed by atoms with E-state index in [0.29, 0.717) is 24.7 Å². The second-order valence-electron chi connectivity index (χ2n) is 5.22. The molecule has 0 atom stereocenters. The highest BCUT2D eigenvalue weighted by Crippen LogP contribution is 2.31. The molecule has 1 aliphatic rings. The summed E-state index contributed by atoms with van der Waals surface area (Å²) in [5.41, 5.74) is -0.121. The first-order valence-electron chi connectivity index (χ1n) is 6.83. The summed E-state index contributed by atoms with van der Waals surface area (Å²) in [4.78, 5) is 12.2. The van der Waals surface area contributed by atoms with Crippen molar-refractivity contribution in [2.45, 2.75) is 32.0 Å². The summed E-state index contributed by atoms with van der Waals surface area (Å²) in [5.74, 6) is 0.0698. The van der Waals surface area contributed by atoms with Gasteiger partial charge < -0.3 is 4.42 Å². The minimum atomic E-state index is -0.743. The molecule has 1 heterocycles. The maximum absolute atomic E-state index is 14.2. The quantitative estimate of drug-likeness (QED) is 0.603. The van der Waals surface area contributed by atoms with E-state index in [1.165, 1.54) is 12.1 Å². The molecule has 0 bridgehead atoms. The second kappa shape index (κ2) is 5.65. The first-order valence-corrected chi connectivity index (χ1v) is 6.83. The molecule has 1 saturated carbocycles. The van der Waals surface area contributed by atoms with Gasteiger partial charge in [-0.2, -0.15) is 4.39 Å². The van der Waals surface area contributed by atoms with Crippen molar-refractivity contribution in [1.82, 2.24) is 4.90 Å². The average Bonchev–Trinajstić information content (AvgIpc) is 3.18. The Morgan fingerprint density at radius 1 is 1.29 bits per heavy atom. The Bertz CT molecular complexity index is 638. The predicted molar refractivity (Wildman–Crippen MR) is 74.0 cm³/mol. The van der Waals surface area contributed by atoms with Crippen LogP contribution in [-0.2, 0) is 13.1 Å². The fraction of sp³-hybridized carbons (Fsp3) is 0.333. The molecule has 0 radical (unpaired) electrons. The fourth-order valence-electron chi connectivity index (χ4n) is 2.40. The molecule has 1 fully saturated rings. The SMILES string of the molecule is O=[N+]([O-])c1cccc(CN(Cc2ccco2)C2CC2)c1F. The third kappa shape index (κ3) is 3.11. The molecule has 1 aromatic carbocycles. The van der Waals surface area contributed by atoms with E-state index in [-0.39, 0.29) is 0 Å². The molecular formula is C15H15FN2O3. The van der Waals surface area contributed by atoms with Crippen LogP contribution in [0.25, 0.3) is 0 Å². The van der Waals surface area contributed by atoms with Crippen molar-refractivity contribution >= 4 is 5.69 Å². The molecule has 0 saturated heterocycles. The van der Waals surface area contributed by atoms with E-state index in [9.17, 15) is 14.5 Å². The van der Waals surface area contributed by atoms with E-state index < -0.39 is 16.4 Å². The minimum absolute atomic E-state index is 0.346. The summed E-state index contributed by atoms with van der Waals surface area (Å²) in [6.07, 6.45) is 3.74. The van der Waals surface area contributed by atoms with Gasteiger partial charge in [0.1, 0.15) is 5.76 Å². The van der Waals surface area contributed by atoms with Crippen molar-refractivity contribution < 1.29 is 13.7 Å². The molecule has 21 heavy (non-hydrogen) atoms. The normalized spacial score (nSPS) is 14.6. The van der Waals surface area contributed by atoms with E-state index in [4.69, 9.17) is 4.42 Å². The smallest absolute Gasteiger partial charge is 0.305 e. The zero-order chi connectivity index (χ0) is 14.8. The third-order valence-corrected chi connectivity index (χ3v) is 3.63. The number of halogens is 1. The highest BCUT2D eigenvalue weighted by Gasteiger charge is 2.31. The molecule has 0 aliphatic heterocycles. The van der Waals surface area contributed by atoms with Crippen LogP contribution >= 0.6 is 0 Å². The number of furan rings is 1. The van der Waals surface area contributed by atoms with E-state index >= 15 is 0 Å². The summed E-state index contributed by atoms with van der Waals surface area (Å²) < 4.78 is 19.5. The summed E-state index contributed by atoms with van der Waals surface area (Å²) in [7, 11) is 0. The highest BCUT2D eigenvalue weighted by molar-refractivity contribution is 5.36. The lowest BCUT2D eigenvalue weighted by molar-refractivity contribution is -0.387. The van der Waals surface area contributed by atoms with Gasteiger partial charge >= 0.3 is 5.69 Å². The summed E-state index contributed by atoms with van der Waals surface area (Å²) in [6, 6.07) is 8.39. The van der Waals surface area contributed by atoms with Gasteiger partial charge in [0, 0.05) is 24.2 Å². The number of hydrogen-bond donors (Lipinski definition) is 0. The number of nitro groups is 1. The van der Waals surface area contributed by atoms with Gasteiger partial charge in [-0.1, -0.05) is 12.1 Å². The van der Waals surface area contributed by atoms with E-state index in [1.54, 1.807) is 12.3 Å². The lowest BCUT2D eigenvalue weighted by Gasteiger charge is -2.21. The molecule has 3 rings (SSSR count). The molecule has 1 aromatic heterocycles. The molecule has 1 aliphatic carbocycles. The molecule has 0 N–H and O–H groups in total. The molecule has 2 aromatic rings. The molecule has 110 valence electrons. The molecule has 0 unspecified atom stereocenters. The third-order valence-electron chi connectivity index (χ3n) is 3.63. The summed E-state index contributed by atoms with van der Waals surface area (Å²) in [5, 5.41) is 10.8. The van der Waals surface area contributed by atoms with E-state index in [1.807, 2.05) is 12.1 Å². The molecule has 0 spiro atoms. The largest absolute Gasteiger partial charge is 0.468 e. The zero-order valence-corrected chi connectivity index (χ0v) is 11.4. The van der Waals surface area contributed by atoms with Crippen molar-refractivity contribution in [3.8, 4) is 0 Å². The lowest BCUT2D eigenvalue weighted by Crippen LogP contribution is -2.25. The van der Waals surface area contributed by atoms with Crippen molar-refractivity contribution in [2.24, 2.45) is 0 Å². The van der Waals surface area contributed by atoms with Crippen LogP contribution in [0.3, 0.4) is 0 Å². The van der Waals surface area contributed by atoms with Crippen LogP contribution in [0.1, 0.15) is 24.2 Å². The van der Waals surface area contributed by atoms with Gasteiger partial charge in [0.15, 0.2) is 0 Å². The Hall–Kier alpha value is -2.21. The van der Waals surface area contributed by atoms with Crippen LogP contribution in [0.2, 0.25) is 0 Å². The van der Waals surface area contributed by atoms with E-state index in [2.05, 4.69) is 4.90 Å². The number of nitrogens with zero attached hydrogens (tertiary/aromatic N) is 2. The number of hydrogen-bond acceptors (Lipinski definition) is 4. The zero-order valence-electron chi connectivity index (χ0n) is 11.4. The Balaban J connectivity index is 1.80. The fourth-order valence-corrected chi connectivity index (χ4v) is 2.40. The maximum Gasteiger partial charge on any atom is 0.305 e. The minimum Gasteiger partial charge on any atom is -0.468 e. The molecular weight excluding hydrogens is 275 g/mol. The predicted octanol–water partition coefficient (Wildman–Crippen LogP) is 3.49. The van der Waals surface area contributed by atoms with Crippen LogP contribution in [0, 0.1) is 15.9 Å². The van der Waals surface area contributed by atoms with Crippen molar-refractivity contribution in [2.75, 3.05) is 0 Å². The van der Waals surface area contributed by atoms with E-state index in [0.717, 1.165) is 18.6 Å². The first kappa shape index (κ1) is 13.8. The number of nitro benzene ring substituents is 1. The second-order valence-corrected chi connectivity index (χ2v) is 5.22. The highest BCUT2D eigenvalue weighted by atomic mass is 19.1. The van der Waals surface area contributed by atoms with Gasteiger partial charge in [-0.15, -0.1) is 0 Å². The Morgan fingerprint density at radius 2 is 2.10 bits per heavy atom. The van der Waals surface area contributed by atoms with Crippen LogP contribution < -0.4 is 0 Å². The Kier molecular flexibility index (Phi) is 3.70. The summed E-state index contributed by atoms with van der Waals surface area (Å²) in [6.45, 7) is 0.929. The maximum atomic E-state index is 14.2. The monoisotopic (exact) mass is 290 g/mol. The van der Waals surface area contributed by atoms with Gasteiger partial charge in [-0.3, -0.25) is 15.0 Å². The van der Waals surface area contributed by atoms with Gasteiger partial charge in [0.25, 0.3) is 0 Å². The average molecular weight is 290 g/mol. The molecule has 0 amide bonds. The summed E-state index contributed by atoms with van der Waals surface area (Å²) >= 11 is 0. The molecule has 6 heteroatoms. The van der Waals surface area contributed by atoms with Crippen molar-refractivity contribution in [3.63, 3.8) is 0 Å². The van der Waals surface area contributed by atoms with Crippen LogP contribution in [0.5, 0.6) is 0 Å². The molecule has 5 nitrogen and oxygen atoms in total. The Morgan fingerprint density at radius 3 is 2.71 bits per heavy atom. The van der Waals surface area contributed by atoms with Gasteiger partial charge in [-0.25, -0.2) is 0 Å². The lowest BCUT2D eigenvalue weighted by atomic mass is 10.1. The number of benzene rings is 1. The van der Waals surface area contributed by atoms with Crippen LogP contribution in [0.4, 0.5) is 10.1 Å². The van der Waals surface area contributed by atoms with Crippen LogP contribution in [0.15, 0.2) is 41.0 Å². The van der Waals surface area contributed by atoms with Crippen LogP contribution in [-0.4, -0.2) is 15.9 Å². The Labute approximate surface area is 121 Å². The van der Waals surface area contributed by atoms with Crippen molar-refractivity contribution in [3.05, 3.63) is 63.9 Å². The number of rotatable bonds is 6. The first-order chi connectivity index (χ1) is 10.1. The van der Waals surface area contributed by atoms with Gasteiger partial charge in [0.2, 0.25) is 5.82 Å². The van der Waals surface area contributed by atoms with Gasteiger partial charge in [-0.05, 0) is 25.0 Å². The van der Waals surface area contributed by atoms with Crippen molar-refractivity contribution in [1.29, 1.82) is 0 Å². The van der Waals surface area contributed by atoms with Gasteiger partial charge in [0.05, 0.1) is 17.7 Å². The topological polar surface area (TPSA) is 59.5 Å². The standard InChI is InChI=1S/C15H15FN2O3/c16-15-11(3-1-5-14(15)18(19)20)9-17(12-6-7-12)10-13-4-2-8-21-13/h1-5,8,12H,6-7,9-10H2.